The van der Waals surface area contributed by atoms with Crippen LogP contribution in [-0.2, 0) is 17.4 Å². The molecular formula is C25H26Cl2F3N3O2. The highest BCUT2D eigenvalue weighted by Gasteiger charge is 2.38. The highest BCUT2D eigenvalue weighted by Crippen LogP contribution is 2.38. The zero-order chi connectivity index (χ0) is 25.3. The first kappa shape index (κ1) is 25.6. The largest absolute Gasteiger partial charge is 0.416 e. The lowest BCUT2D eigenvalue weighted by molar-refractivity contribution is -0.137. The number of rotatable bonds is 4. The van der Waals surface area contributed by atoms with Gasteiger partial charge in [0.15, 0.2) is 0 Å². The quantitative estimate of drug-likeness (QED) is 0.540. The van der Waals surface area contributed by atoms with Crippen molar-refractivity contribution in [3.63, 3.8) is 0 Å². The molecule has 2 aliphatic rings. The van der Waals surface area contributed by atoms with Crippen molar-refractivity contribution < 1.29 is 22.8 Å². The standard InChI is InChI=1S/C25H26Cl2F3N3O2/c1-31-24(35)32-8-6-19(7-9-32)33-10-5-16(23(33)34)12-20-21(26)13-17(14-22(20)27)15-3-2-4-18(11-15)25(28,29)30/h2-4,11,13-14,16,19H,5-10,12H2,1H3,(H,31,35)/t16-/m0/s1. The number of likely N-dealkylation sites (tertiary alicyclic amines) is 2. The van der Waals surface area contributed by atoms with Gasteiger partial charge in [-0.25, -0.2) is 4.79 Å². The minimum atomic E-state index is -4.45. The van der Waals surface area contributed by atoms with Gasteiger partial charge in [0.25, 0.3) is 0 Å². The van der Waals surface area contributed by atoms with E-state index in [1.54, 1.807) is 30.1 Å². The number of hydrogen-bond donors (Lipinski definition) is 1. The third-order valence-electron chi connectivity index (χ3n) is 6.87. The molecule has 0 bridgehead atoms. The Labute approximate surface area is 212 Å². The van der Waals surface area contributed by atoms with Crippen molar-refractivity contribution in [2.45, 2.75) is 37.9 Å². The Morgan fingerprint density at radius 1 is 1.03 bits per heavy atom. The molecule has 2 fully saturated rings. The van der Waals surface area contributed by atoms with Crippen LogP contribution in [0.2, 0.25) is 10.0 Å². The molecule has 0 saturated carbocycles. The number of alkyl halides is 3. The number of carbonyl (C=O) groups excluding carboxylic acids is 2. The Balaban J connectivity index is 1.45. The normalized spacial score (nSPS) is 19.4. The molecule has 188 valence electrons. The maximum atomic E-state index is 13.2. The highest BCUT2D eigenvalue weighted by atomic mass is 35.5. The van der Waals surface area contributed by atoms with E-state index in [2.05, 4.69) is 5.32 Å². The van der Waals surface area contributed by atoms with Crippen LogP contribution in [0.1, 0.15) is 30.4 Å². The Bertz CT molecular complexity index is 1090. The highest BCUT2D eigenvalue weighted by molar-refractivity contribution is 6.36. The lowest BCUT2D eigenvalue weighted by atomic mass is 9.95. The molecule has 3 amide bonds. The summed E-state index contributed by atoms with van der Waals surface area (Å²) in [6.45, 7) is 1.85. The van der Waals surface area contributed by atoms with E-state index < -0.39 is 11.7 Å². The van der Waals surface area contributed by atoms with Crippen molar-refractivity contribution >= 4 is 35.1 Å². The lowest BCUT2D eigenvalue weighted by Crippen LogP contribution is -2.49. The second-order valence-electron chi connectivity index (χ2n) is 8.99. The van der Waals surface area contributed by atoms with Gasteiger partial charge in [-0.05, 0) is 66.6 Å². The van der Waals surface area contributed by atoms with E-state index in [9.17, 15) is 22.8 Å². The molecule has 35 heavy (non-hydrogen) atoms. The third-order valence-corrected chi connectivity index (χ3v) is 7.55. The fourth-order valence-electron chi connectivity index (χ4n) is 4.94. The minimum Gasteiger partial charge on any atom is -0.341 e. The Morgan fingerprint density at radius 3 is 2.29 bits per heavy atom. The van der Waals surface area contributed by atoms with Gasteiger partial charge in [-0.15, -0.1) is 0 Å². The molecule has 1 atom stereocenters. The van der Waals surface area contributed by atoms with Crippen LogP contribution in [0.25, 0.3) is 11.1 Å². The molecule has 5 nitrogen and oxygen atoms in total. The molecule has 2 aromatic carbocycles. The first-order valence-corrected chi connectivity index (χ1v) is 12.3. The van der Waals surface area contributed by atoms with Crippen LogP contribution in [0.4, 0.5) is 18.0 Å². The summed E-state index contributed by atoms with van der Waals surface area (Å²) in [6, 6.07) is 8.20. The summed E-state index contributed by atoms with van der Waals surface area (Å²) in [6.07, 6.45) is -1.93. The van der Waals surface area contributed by atoms with Crippen molar-refractivity contribution in [2.24, 2.45) is 5.92 Å². The van der Waals surface area contributed by atoms with E-state index in [0.29, 0.717) is 59.2 Å². The fraction of sp³-hybridized carbons (Fsp3) is 0.440. The fourth-order valence-corrected chi connectivity index (χ4v) is 5.58. The smallest absolute Gasteiger partial charge is 0.341 e. The Kier molecular flexibility index (Phi) is 7.52. The number of amides is 3. The summed E-state index contributed by atoms with van der Waals surface area (Å²) >= 11 is 13.0. The molecular weight excluding hydrogens is 502 g/mol. The molecule has 4 rings (SSSR count). The average molecular weight is 528 g/mol. The molecule has 1 N–H and O–H groups in total. The number of nitrogens with zero attached hydrogens (tertiary/aromatic N) is 2. The van der Waals surface area contributed by atoms with Gasteiger partial charge in [0.05, 0.1) is 5.56 Å². The Hall–Kier alpha value is -2.45. The van der Waals surface area contributed by atoms with Crippen molar-refractivity contribution in [1.82, 2.24) is 15.1 Å². The maximum absolute atomic E-state index is 13.2. The SMILES string of the molecule is CNC(=O)N1CCC(N2CC[C@@H](Cc3c(Cl)cc(-c4cccc(C(F)(F)F)c4)cc3Cl)C2=O)CC1. The van der Waals surface area contributed by atoms with Crippen LogP contribution in [0.3, 0.4) is 0 Å². The number of urea groups is 1. The molecule has 0 aromatic heterocycles. The van der Waals surface area contributed by atoms with Crippen molar-refractivity contribution in [1.29, 1.82) is 0 Å². The molecule has 0 spiro atoms. The van der Waals surface area contributed by atoms with Crippen LogP contribution in [0.15, 0.2) is 36.4 Å². The predicted octanol–water partition coefficient (Wildman–Crippen LogP) is 5.87. The minimum absolute atomic E-state index is 0.0532. The van der Waals surface area contributed by atoms with Gasteiger partial charge in [-0.3, -0.25) is 4.79 Å². The summed E-state index contributed by atoms with van der Waals surface area (Å²) in [5.74, 6) is -0.209. The first-order chi connectivity index (χ1) is 16.6. The van der Waals surface area contributed by atoms with Gasteiger partial charge in [0, 0.05) is 48.7 Å². The molecule has 0 aliphatic carbocycles. The summed E-state index contributed by atoms with van der Waals surface area (Å²) in [4.78, 5) is 28.6. The lowest BCUT2D eigenvalue weighted by Gasteiger charge is -2.36. The molecule has 2 aromatic rings. The van der Waals surface area contributed by atoms with Gasteiger partial charge in [0.1, 0.15) is 0 Å². The van der Waals surface area contributed by atoms with E-state index in [-0.39, 0.29) is 23.9 Å². The van der Waals surface area contributed by atoms with E-state index in [1.165, 1.54) is 6.07 Å². The number of carbonyl (C=O) groups is 2. The number of nitrogens with one attached hydrogen (secondary N) is 1. The zero-order valence-corrected chi connectivity index (χ0v) is 20.7. The molecule has 2 saturated heterocycles. The van der Waals surface area contributed by atoms with Gasteiger partial charge < -0.3 is 15.1 Å². The van der Waals surface area contributed by atoms with Crippen LogP contribution in [0.5, 0.6) is 0 Å². The second kappa shape index (κ2) is 10.3. The number of benzene rings is 2. The number of piperidine rings is 1. The van der Waals surface area contributed by atoms with E-state index in [4.69, 9.17) is 23.2 Å². The predicted molar refractivity (Wildman–Crippen MR) is 129 cm³/mol. The van der Waals surface area contributed by atoms with Crippen LogP contribution >= 0.6 is 23.2 Å². The van der Waals surface area contributed by atoms with Crippen molar-refractivity contribution in [3.05, 3.63) is 57.6 Å². The number of halogens is 5. The number of hydrogen-bond acceptors (Lipinski definition) is 2. The van der Waals surface area contributed by atoms with Gasteiger partial charge in [0.2, 0.25) is 5.91 Å². The van der Waals surface area contributed by atoms with E-state index >= 15 is 0 Å². The van der Waals surface area contributed by atoms with Crippen molar-refractivity contribution in [2.75, 3.05) is 26.7 Å². The van der Waals surface area contributed by atoms with E-state index in [1.807, 2.05) is 4.90 Å². The topological polar surface area (TPSA) is 52.7 Å². The summed E-state index contributed by atoms with van der Waals surface area (Å²) in [5.41, 5.74) is 0.723. The van der Waals surface area contributed by atoms with Crippen LogP contribution < -0.4 is 5.32 Å². The molecule has 10 heteroatoms. The maximum Gasteiger partial charge on any atom is 0.416 e. The average Bonchev–Trinajstić information content (AvgIpc) is 3.20. The summed E-state index contributed by atoms with van der Waals surface area (Å²) in [5, 5.41) is 3.29. The first-order valence-electron chi connectivity index (χ1n) is 11.5. The van der Waals surface area contributed by atoms with Gasteiger partial charge in [-0.1, -0.05) is 35.3 Å². The molecule has 0 radical (unpaired) electrons. The monoisotopic (exact) mass is 527 g/mol. The van der Waals surface area contributed by atoms with Crippen LogP contribution in [-0.4, -0.2) is 54.5 Å². The zero-order valence-electron chi connectivity index (χ0n) is 19.2. The second-order valence-corrected chi connectivity index (χ2v) is 9.81. The third kappa shape index (κ3) is 5.54. The van der Waals surface area contributed by atoms with E-state index in [0.717, 1.165) is 25.0 Å². The summed E-state index contributed by atoms with van der Waals surface area (Å²) < 4.78 is 39.3. The molecule has 0 unspecified atom stereocenters. The molecule has 2 heterocycles. The Morgan fingerprint density at radius 2 is 1.69 bits per heavy atom. The summed E-state index contributed by atoms with van der Waals surface area (Å²) in [7, 11) is 1.60. The molecule has 2 aliphatic heterocycles. The van der Waals surface area contributed by atoms with Gasteiger partial charge >= 0.3 is 12.2 Å². The van der Waals surface area contributed by atoms with Crippen molar-refractivity contribution in [3.8, 4) is 11.1 Å². The van der Waals surface area contributed by atoms with Crippen LogP contribution in [0, 0.1) is 5.92 Å². The van der Waals surface area contributed by atoms with Gasteiger partial charge in [-0.2, -0.15) is 13.2 Å².